The number of benzene rings is 2. The SMILES string of the molecule is NC(=O)N(c1ccc(-c2csc3c(-c4ccoc4)cnc(N)c23)cc1)c1cccc(F)c1. The van der Waals surface area contributed by atoms with Crippen LogP contribution in [0.15, 0.2) is 83.1 Å². The molecule has 0 fully saturated rings. The fourth-order valence-corrected chi connectivity index (χ4v) is 4.83. The van der Waals surface area contributed by atoms with Gasteiger partial charge in [-0.2, -0.15) is 0 Å². The summed E-state index contributed by atoms with van der Waals surface area (Å²) >= 11 is 1.57. The molecule has 2 amide bonds. The van der Waals surface area contributed by atoms with Crippen LogP contribution in [0.2, 0.25) is 0 Å². The van der Waals surface area contributed by atoms with Crippen LogP contribution in [-0.2, 0) is 0 Å². The molecule has 32 heavy (non-hydrogen) atoms. The number of urea groups is 1. The average molecular weight is 444 g/mol. The highest BCUT2D eigenvalue weighted by molar-refractivity contribution is 7.18. The Bertz CT molecular complexity index is 1430. The molecular weight excluding hydrogens is 427 g/mol. The summed E-state index contributed by atoms with van der Waals surface area (Å²) < 4.78 is 19.9. The highest BCUT2D eigenvalue weighted by Gasteiger charge is 2.18. The number of fused-ring (bicyclic) bond motifs is 1. The fourth-order valence-electron chi connectivity index (χ4n) is 3.71. The molecule has 4 N–H and O–H groups in total. The van der Waals surface area contributed by atoms with Crippen LogP contribution in [0.4, 0.5) is 26.4 Å². The molecule has 6 nitrogen and oxygen atoms in total. The first-order chi connectivity index (χ1) is 15.5. The molecule has 0 bridgehead atoms. The normalized spacial score (nSPS) is 11.0. The molecule has 3 aromatic heterocycles. The van der Waals surface area contributed by atoms with Crippen LogP contribution in [0.25, 0.3) is 32.3 Å². The Hall–Kier alpha value is -4.17. The summed E-state index contributed by atoms with van der Waals surface area (Å²) in [6.45, 7) is 0. The van der Waals surface area contributed by atoms with Crippen LogP contribution in [0, 0.1) is 5.82 Å². The van der Waals surface area contributed by atoms with E-state index < -0.39 is 11.8 Å². The van der Waals surface area contributed by atoms with Gasteiger partial charge in [0.1, 0.15) is 11.6 Å². The lowest BCUT2D eigenvalue weighted by molar-refractivity contribution is 0.256. The number of hydrogen-bond acceptors (Lipinski definition) is 5. The van der Waals surface area contributed by atoms with Crippen LogP contribution in [0.5, 0.6) is 0 Å². The van der Waals surface area contributed by atoms with Crippen molar-refractivity contribution >= 4 is 44.6 Å². The second kappa shape index (κ2) is 7.82. The van der Waals surface area contributed by atoms with Gasteiger partial charge in [-0.3, -0.25) is 4.90 Å². The number of rotatable bonds is 4. The van der Waals surface area contributed by atoms with Crippen LogP contribution in [0.1, 0.15) is 0 Å². The Kier molecular flexibility index (Phi) is 4.84. The van der Waals surface area contributed by atoms with Gasteiger partial charge in [-0.1, -0.05) is 18.2 Å². The maximum Gasteiger partial charge on any atom is 0.323 e. The van der Waals surface area contributed by atoms with E-state index in [-0.39, 0.29) is 0 Å². The number of carbonyl (C=O) groups is 1. The molecule has 0 unspecified atom stereocenters. The van der Waals surface area contributed by atoms with Crippen LogP contribution in [-0.4, -0.2) is 11.0 Å². The summed E-state index contributed by atoms with van der Waals surface area (Å²) in [5, 5.41) is 2.89. The second-order valence-corrected chi connectivity index (χ2v) is 8.00. The zero-order valence-electron chi connectivity index (χ0n) is 16.7. The number of hydrogen-bond donors (Lipinski definition) is 2. The lowest BCUT2D eigenvalue weighted by Gasteiger charge is -2.21. The fraction of sp³-hybridized carbons (Fsp3) is 0. The third-order valence-corrected chi connectivity index (χ3v) is 6.19. The monoisotopic (exact) mass is 444 g/mol. The van der Waals surface area contributed by atoms with Crippen molar-refractivity contribution in [2.24, 2.45) is 5.73 Å². The van der Waals surface area contributed by atoms with E-state index >= 15 is 0 Å². The van der Waals surface area contributed by atoms with Gasteiger partial charge in [-0.05, 0) is 47.3 Å². The summed E-state index contributed by atoms with van der Waals surface area (Å²) in [5.41, 5.74) is 16.4. The number of nitrogens with two attached hydrogens (primary N) is 2. The largest absolute Gasteiger partial charge is 0.472 e. The van der Waals surface area contributed by atoms with Crippen molar-refractivity contribution < 1.29 is 13.6 Å². The number of pyridine rings is 1. The van der Waals surface area contributed by atoms with E-state index in [0.29, 0.717) is 17.2 Å². The minimum absolute atomic E-state index is 0.351. The Morgan fingerprint density at radius 3 is 2.53 bits per heavy atom. The van der Waals surface area contributed by atoms with E-state index in [1.54, 1.807) is 48.3 Å². The predicted octanol–water partition coefficient (Wildman–Crippen LogP) is 6.16. The molecule has 158 valence electrons. The van der Waals surface area contributed by atoms with Gasteiger partial charge in [0.25, 0.3) is 0 Å². The molecule has 0 saturated heterocycles. The van der Waals surface area contributed by atoms with Crippen LogP contribution < -0.4 is 16.4 Å². The van der Waals surface area contributed by atoms with Gasteiger partial charge in [-0.25, -0.2) is 14.2 Å². The second-order valence-electron chi connectivity index (χ2n) is 7.12. The lowest BCUT2D eigenvalue weighted by atomic mass is 10.0. The number of anilines is 3. The molecule has 0 atom stereocenters. The van der Waals surface area contributed by atoms with Crippen LogP contribution in [0.3, 0.4) is 0 Å². The zero-order valence-corrected chi connectivity index (χ0v) is 17.5. The maximum atomic E-state index is 13.7. The highest BCUT2D eigenvalue weighted by Crippen LogP contribution is 2.42. The van der Waals surface area contributed by atoms with Crippen molar-refractivity contribution in [3.8, 4) is 22.3 Å². The zero-order chi connectivity index (χ0) is 22.2. The average Bonchev–Trinajstić information content (AvgIpc) is 3.46. The van der Waals surface area contributed by atoms with E-state index in [2.05, 4.69) is 4.98 Å². The number of nitrogen functional groups attached to an aromatic ring is 1. The molecule has 8 heteroatoms. The lowest BCUT2D eigenvalue weighted by Crippen LogP contribution is -2.31. The molecule has 0 aliphatic rings. The van der Waals surface area contributed by atoms with Crippen molar-refractivity contribution in [3.05, 3.63) is 84.5 Å². The molecular formula is C24H17FN4O2S. The number of thiophene rings is 1. The molecule has 2 aromatic carbocycles. The van der Waals surface area contributed by atoms with E-state index in [1.165, 1.54) is 23.1 Å². The van der Waals surface area contributed by atoms with E-state index in [0.717, 1.165) is 32.3 Å². The standard InChI is InChI=1S/C24H17FN4O2S/c25-16-2-1-3-18(10-16)29(24(27)30)17-6-4-14(5-7-17)20-13-32-22-19(15-8-9-31-12-15)11-28-23(26)21(20)22/h1-13H,(H2,26,28)(H2,27,30). The summed E-state index contributed by atoms with van der Waals surface area (Å²) in [6.07, 6.45) is 5.04. The summed E-state index contributed by atoms with van der Waals surface area (Å²) in [6, 6.07) is 14.2. The van der Waals surface area contributed by atoms with Gasteiger partial charge >= 0.3 is 6.03 Å². The smallest absolute Gasteiger partial charge is 0.323 e. The quantitative estimate of drug-likeness (QED) is 0.347. The predicted molar refractivity (Wildman–Crippen MR) is 125 cm³/mol. The van der Waals surface area contributed by atoms with Crippen LogP contribution >= 0.6 is 11.3 Å². The van der Waals surface area contributed by atoms with E-state index in [9.17, 15) is 9.18 Å². The number of aromatic nitrogens is 1. The first-order valence-electron chi connectivity index (χ1n) is 9.67. The summed E-state index contributed by atoms with van der Waals surface area (Å²) in [4.78, 5) is 17.7. The third-order valence-electron chi connectivity index (χ3n) is 5.18. The van der Waals surface area contributed by atoms with Gasteiger partial charge in [0, 0.05) is 33.0 Å². The van der Waals surface area contributed by atoms with Crippen molar-refractivity contribution in [1.82, 2.24) is 4.98 Å². The third kappa shape index (κ3) is 3.36. The number of primary amides is 1. The minimum atomic E-state index is -0.706. The Balaban J connectivity index is 1.57. The molecule has 0 radical (unpaired) electrons. The van der Waals surface area contributed by atoms with Gasteiger partial charge in [0.2, 0.25) is 0 Å². The molecule has 3 heterocycles. The number of nitrogens with zero attached hydrogens (tertiary/aromatic N) is 2. The molecule has 0 aliphatic carbocycles. The van der Waals surface area contributed by atoms with Crippen molar-refractivity contribution in [3.63, 3.8) is 0 Å². The Morgan fingerprint density at radius 2 is 1.84 bits per heavy atom. The first kappa shape index (κ1) is 19.8. The Morgan fingerprint density at radius 1 is 1.03 bits per heavy atom. The van der Waals surface area contributed by atoms with Gasteiger partial charge in [0.05, 0.1) is 23.9 Å². The number of furan rings is 1. The van der Waals surface area contributed by atoms with Crippen molar-refractivity contribution in [2.75, 3.05) is 10.6 Å². The first-order valence-corrected chi connectivity index (χ1v) is 10.5. The molecule has 5 aromatic rings. The molecule has 5 rings (SSSR count). The number of halogens is 1. The van der Waals surface area contributed by atoms with Gasteiger partial charge in [-0.15, -0.1) is 11.3 Å². The van der Waals surface area contributed by atoms with Gasteiger partial charge < -0.3 is 15.9 Å². The topological polar surface area (TPSA) is 98.4 Å². The number of amides is 2. The molecule has 0 saturated carbocycles. The number of carbonyl (C=O) groups excluding carboxylic acids is 1. The molecule has 0 spiro atoms. The Labute approximate surface area is 186 Å². The molecule has 0 aliphatic heterocycles. The summed E-state index contributed by atoms with van der Waals surface area (Å²) in [5.74, 6) is -0.0161. The van der Waals surface area contributed by atoms with E-state index in [1.807, 2.05) is 23.6 Å². The minimum Gasteiger partial charge on any atom is -0.472 e. The van der Waals surface area contributed by atoms with Gasteiger partial charge in [0.15, 0.2) is 0 Å². The van der Waals surface area contributed by atoms with Crippen molar-refractivity contribution in [1.29, 1.82) is 0 Å². The van der Waals surface area contributed by atoms with E-state index in [4.69, 9.17) is 15.9 Å². The van der Waals surface area contributed by atoms with Crippen molar-refractivity contribution in [2.45, 2.75) is 0 Å². The highest BCUT2D eigenvalue weighted by atomic mass is 32.1. The maximum absolute atomic E-state index is 13.7. The summed E-state index contributed by atoms with van der Waals surface area (Å²) in [7, 11) is 0.